The molecule has 29 heavy (non-hydrogen) atoms. The lowest BCUT2D eigenvalue weighted by Gasteiger charge is -2.31. The van der Waals surface area contributed by atoms with E-state index in [0.29, 0.717) is 5.02 Å². The Morgan fingerprint density at radius 3 is 2.59 bits per heavy atom. The summed E-state index contributed by atoms with van der Waals surface area (Å²) in [6.45, 7) is 0.558. The predicted molar refractivity (Wildman–Crippen MR) is 103 cm³/mol. The number of hydrogen-bond donors (Lipinski definition) is 0. The summed E-state index contributed by atoms with van der Waals surface area (Å²) in [6, 6.07) is 9.00. The smallest absolute Gasteiger partial charge is 0.345 e. The second kappa shape index (κ2) is 10.0. The average molecular weight is 463 g/mol. The van der Waals surface area contributed by atoms with Gasteiger partial charge in [0.25, 0.3) is 5.69 Å². The van der Waals surface area contributed by atoms with Gasteiger partial charge >= 0.3 is 5.97 Å². The molecule has 2 atom stereocenters. The van der Waals surface area contributed by atoms with Gasteiger partial charge in [-0.3, -0.25) is 10.1 Å². The first-order chi connectivity index (χ1) is 13.6. The standard InChI is InChI=1S/C17H16Cl2NO8P/c1-2-27-29(24,25)17(11-4-3-5-13(8-11)20(22)23)28-16(21)10-26-15-7-6-12(18)9-14(15)19/h3-9,17H,2,10H2,1H3,(H,24,25)/p-1. The molecule has 0 aliphatic heterocycles. The molecule has 2 aromatic rings. The fourth-order valence-corrected chi connectivity index (χ4v) is 3.97. The molecule has 2 rings (SSSR count). The summed E-state index contributed by atoms with van der Waals surface area (Å²) in [7, 11) is -4.75. The average Bonchev–Trinajstić information content (AvgIpc) is 2.65. The first kappa shape index (κ1) is 23.1. The van der Waals surface area contributed by atoms with Crippen molar-refractivity contribution < 1.29 is 33.2 Å². The van der Waals surface area contributed by atoms with Crippen molar-refractivity contribution in [3.63, 3.8) is 0 Å². The van der Waals surface area contributed by atoms with Gasteiger partial charge in [-0.25, -0.2) is 4.79 Å². The molecule has 0 spiro atoms. The van der Waals surface area contributed by atoms with Gasteiger partial charge in [-0.1, -0.05) is 35.3 Å². The summed E-state index contributed by atoms with van der Waals surface area (Å²) in [5.74, 6) is -2.81. The predicted octanol–water partition coefficient (Wildman–Crippen LogP) is 4.11. The molecule has 0 saturated heterocycles. The number of non-ortho nitro benzene ring substituents is 1. The molecule has 0 radical (unpaired) electrons. The zero-order valence-corrected chi connectivity index (χ0v) is 17.4. The number of ether oxygens (including phenoxy) is 2. The van der Waals surface area contributed by atoms with Crippen molar-refractivity contribution in [3.05, 3.63) is 68.2 Å². The number of halogens is 2. The Hall–Kier alpha value is -2.16. The van der Waals surface area contributed by atoms with Crippen LogP contribution in [0.25, 0.3) is 0 Å². The molecule has 0 N–H and O–H groups in total. The number of nitro groups is 1. The molecule has 0 saturated carbocycles. The molecule has 2 unspecified atom stereocenters. The van der Waals surface area contributed by atoms with E-state index < -0.39 is 30.9 Å². The molecule has 0 aromatic heterocycles. The van der Waals surface area contributed by atoms with E-state index in [9.17, 15) is 24.4 Å². The van der Waals surface area contributed by atoms with E-state index in [-0.39, 0.29) is 28.6 Å². The number of rotatable bonds is 9. The normalized spacial score (nSPS) is 13.9. The van der Waals surface area contributed by atoms with Crippen molar-refractivity contribution in [3.8, 4) is 5.75 Å². The Bertz CT molecular complexity index is 955. The maximum Gasteiger partial charge on any atom is 0.345 e. The number of nitrogens with zero attached hydrogens (tertiary/aromatic N) is 1. The van der Waals surface area contributed by atoms with E-state index in [4.69, 9.17) is 37.2 Å². The highest BCUT2D eigenvalue weighted by Crippen LogP contribution is 2.53. The minimum atomic E-state index is -4.75. The molecule has 0 bridgehead atoms. The lowest BCUT2D eigenvalue weighted by atomic mass is 10.2. The fourth-order valence-electron chi connectivity index (χ4n) is 2.24. The van der Waals surface area contributed by atoms with Crippen LogP contribution in [-0.2, 0) is 18.6 Å². The number of benzene rings is 2. The molecule has 0 aliphatic carbocycles. The Labute approximate surface area is 175 Å². The van der Waals surface area contributed by atoms with Crippen LogP contribution in [0, 0.1) is 10.1 Å². The van der Waals surface area contributed by atoms with E-state index in [1.807, 2.05) is 0 Å². The first-order valence-corrected chi connectivity index (χ1v) is 10.5. The number of nitro benzene ring substituents is 1. The van der Waals surface area contributed by atoms with Crippen LogP contribution in [0.5, 0.6) is 5.75 Å². The zero-order chi connectivity index (χ0) is 21.6. The molecule has 156 valence electrons. The molecule has 0 aliphatic rings. The summed E-state index contributed by atoms with van der Waals surface area (Å²) in [5.41, 5.74) is -0.506. The highest BCUT2D eigenvalue weighted by Gasteiger charge is 2.30. The van der Waals surface area contributed by atoms with Crippen molar-refractivity contribution in [2.24, 2.45) is 0 Å². The van der Waals surface area contributed by atoms with Gasteiger partial charge < -0.3 is 23.5 Å². The second-order valence-corrected chi connectivity index (χ2v) is 8.17. The highest BCUT2D eigenvalue weighted by atomic mass is 35.5. The third kappa shape index (κ3) is 6.42. The van der Waals surface area contributed by atoms with Crippen molar-refractivity contribution in [1.29, 1.82) is 0 Å². The van der Waals surface area contributed by atoms with E-state index >= 15 is 0 Å². The number of hydrogen-bond acceptors (Lipinski definition) is 8. The van der Waals surface area contributed by atoms with Gasteiger partial charge in [-0.15, -0.1) is 0 Å². The Morgan fingerprint density at radius 1 is 1.24 bits per heavy atom. The fraction of sp³-hybridized carbons (Fsp3) is 0.235. The van der Waals surface area contributed by atoms with Gasteiger partial charge in [0.1, 0.15) is 5.75 Å². The Morgan fingerprint density at radius 2 is 1.97 bits per heavy atom. The van der Waals surface area contributed by atoms with Crippen LogP contribution in [0.2, 0.25) is 10.0 Å². The first-order valence-electron chi connectivity index (χ1n) is 8.11. The van der Waals surface area contributed by atoms with E-state index in [1.54, 1.807) is 0 Å². The summed E-state index contributed by atoms with van der Waals surface area (Å²) in [5, 5.41) is 11.5. The lowest BCUT2D eigenvalue weighted by Crippen LogP contribution is -2.22. The molecule has 2 aromatic carbocycles. The van der Waals surface area contributed by atoms with Gasteiger partial charge in [-0.05, 0) is 25.1 Å². The molecular formula is C17H15Cl2NO8P-. The van der Waals surface area contributed by atoms with Gasteiger partial charge in [-0.2, -0.15) is 0 Å². The summed E-state index contributed by atoms with van der Waals surface area (Å²) < 4.78 is 27.4. The van der Waals surface area contributed by atoms with Crippen LogP contribution < -0.4 is 9.63 Å². The molecule has 0 amide bonds. The number of carbonyl (C=O) groups excluding carboxylic acids is 1. The van der Waals surface area contributed by atoms with Crippen LogP contribution in [0.1, 0.15) is 18.3 Å². The zero-order valence-electron chi connectivity index (χ0n) is 14.9. The highest BCUT2D eigenvalue weighted by molar-refractivity contribution is 7.51. The summed E-state index contributed by atoms with van der Waals surface area (Å²) in [6.07, 6.45) is 0. The largest absolute Gasteiger partial charge is 0.776 e. The Kier molecular flexibility index (Phi) is 8.01. The van der Waals surface area contributed by atoms with Crippen molar-refractivity contribution >= 4 is 42.5 Å². The van der Waals surface area contributed by atoms with Gasteiger partial charge in [0.2, 0.25) is 0 Å². The summed E-state index contributed by atoms with van der Waals surface area (Å²) >= 11 is 11.7. The van der Waals surface area contributed by atoms with Crippen LogP contribution in [0.15, 0.2) is 42.5 Å². The molecule has 0 fully saturated rings. The van der Waals surface area contributed by atoms with E-state index in [2.05, 4.69) is 0 Å². The van der Waals surface area contributed by atoms with Crippen molar-refractivity contribution in [2.45, 2.75) is 12.8 Å². The van der Waals surface area contributed by atoms with Gasteiger partial charge in [0.05, 0.1) is 16.6 Å². The van der Waals surface area contributed by atoms with Crippen LogP contribution in [0.4, 0.5) is 5.69 Å². The summed E-state index contributed by atoms with van der Waals surface area (Å²) in [4.78, 5) is 34.8. The molecular weight excluding hydrogens is 448 g/mol. The molecule has 9 nitrogen and oxygen atoms in total. The van der Waals surface area contributed by atoms with E-state index in [1.165, 1.54) is 43.3 Å². The minimum Gasteiger partial charge on any atom is -0.776 e. The maximum absolute atomic E-state index is 12.4. The Balaban J connectivity index is 2.21. The third-order valence-corrected chi connectivity index (χ3v) is 5.57. The van der Waals surface area contributed by atoms with Crippen LogP contribution in [0.3, 0.4) is 0 Å². The maximum atomic E-state index is 12.4. The number of carbonyl (C=O) groups is 1. The van der Waals surface area contributed by atoms with Gasteiger partial charge in [0.15, 0.2) is 20.0 Å². The monoisotopic (exact) mass is 462 g/mol. The van der Waals surface area contributed by atoms with Crippen molar-refractivity contribution in [2.75, 3.05) is 13.2 Å². The lowest BCUT2D eigenvalue weighted by molar-refractivity contribution is -0.385. The minimum absolute atomic E-state index is 0.134. The topological polar surface area (TPSA) is 128 Å². The second-order valence-electron chi connectivity index (χ2n) is 5.52. The van der Waals surface area contributed by atoms with Crippen LogP contribution in [-0.4, -0.2) is 24.1 Å². The van der Waals surface area contributed by atoms with Gasteiger partial charge in [0, 0.05) is 22.7 Å². The molecule has 12 heteroatoms. The SMILES string of the molecule is CCOP(=O)([O-])C(OC(=O)COc1ccc(Cl)cc1Cl)c1cccc([N+](=O)[O-])c1. The van der Waals surface area contributed by atoms with Crippen LogP contribution >= 0.6 is 30.8 Å². The molecule has 0 heterocycles. The van der Waals surface area contributed by atoms with E-state index in [0.717, 1.165) is 6.07 Å². The third-order valence-electron chi connectivity index (χ3n) is 3.44. The quantitative estimate of drug-likeness (QED) is 0.235. The van der Waals surface area contributed by atoms with Crippen molar-refractivity contribution in [1.82, 2.24) is 0 Å². The number of esters is 1.